The van der Waals surface area contributed by atoms with Crippen molar-refractivity contribution in [3.8, 4) is 0 Å². The lowest BCUT2D eigenvalue weighted by atomic mass is 9.83. The molecule has 0 radical (unpaired) electrons. The van der Waals surface area contributed by atoms with Crippen LogP contribution in [0.25, 0.3) is 10.9 Å². The van der Waals surface area contributed by atoms with Crippen LogP contribution >= 0.6 is 0 Å². The number of nitrogens with zero attached hydrogens (tertiary/aromatic N) is 1. The molecule has 1 unspecified atom stereocenters. The number of fused-ring (bicyclic) bond motifs is 1. The molecule has 3 rings (SSSR count). The third kappa shape index (κ3) is 2.63. The predicted molar refractivity (Wildman–Crippen MR) is 83.8 cm³/mol. The molecule has 0 spiro atoms. The maximum absolute atomic E-state index is 12.5. The number of para-hydroxylation sites is 1. The fourth-order valence-electron chi connectivity index (χ4n) is 3.07. The summed E-state index contributed by atoms with van der Waals surface area (Å²) in [6.07, 6.45) is 3.59. The SMILES string of the molecule is CCC1(C(=O)NCc2cccc3cccnc23)CCNC1. The Balaban J connectivity index is 1.76. The molecule has 1 amide bonds. The van der Waals surface area contributed by atoms with E-state index >= 15 is 0 Å². The number of aromatic nitrogens is 1. The molecule has 1 aliphatic rings. The molecule has 2 aromatic rings. The van der Waals surface area contributed by atoms with Crippen molar-refractivity contribution in [1.82, 2.24) is 15.6 Å². The number of pyridine rings is 1. The van der Waals surface area contributed by atoms with E-state index in [1.54, 1.807) is 6.20 Å². The molecule has 0 saturated carbocycles. The number of carbonyl (C=O) groups excluding carboxylic acids is 1. The molecule has 0 bridgehead atoms. The van der Waals surface area contributed by atoms with Crippen molar-refractivity contribution in [2.24, 2.45) is 5.41 Å². The lowest BCUT2D eigenvalue weighted by Gasteiger charge is -2.25. The van der Waals surface area contributed by atoms with Crippen LogP contribution in [0, 0.1) is 5.41 Å². The van der Waals surface area contributed by atoms with Gasteiger partial charge in [-0.15, -0.1) is 0 Å². The van der Waals surface area contributed by atoms with E-state index in [0.717, 1.165) is 42.4 Å². The number of amides is 1. The summed E-state index contributed by atoms with van der Waals surface area (Å²) < 4.78 is 0. The zero-order valence-corrected chi connectivity index (χ0v) is 12.4. The molecule has 4 heteroatoms. The van der Waals surface area contributed by atoms with E-state index in [1.165, 1.54) is 0 Å². The van der Waals surface area contributed by atoms with Crippen molar-refractivity contribution in [2.75, 3.05) is 13.1 Å². The highest BCUT2D eigenvalue weighted by Crippen LogP contribution is 2.29. The standard InChI is InChI=1S/C17H21N3O/c1-2-17(8-10-18-12-17)16(21)20-11-14-6-3-5-13-7-4-9-19-15(13)14/h3-7,9,18H,2,8,10-12H2,1H3,(H,20,21). The molecule has 1 aliphatic heterocycles. The van der Waals surface area contributed by atoms with E-state index in [2.05, 4.69) is 22.5 Å². The summed E-state index contributed by atoms with van der Waals surface area (Å²) in [7, 11) is 0. The molecule has 1 atom stereocenters. The molecule has 1 saturated heterocycles. The normalized spacial score (nSPS) is 21.6. The van der Waals surface area contributed by atoms with Crippen LogP contribution in [-0.2, 0) is 11.3 Å². The molecule has 2 heterocycles. The molecule has 0 aliphatic carbocycles. The molecule has 1 fully saturated rings. The van der Waals surface area contributed by atoms with E-state index < -0.39 is 0 Å². The van der Waals surface area contributed by atoms with Crippen LogP contribution in [0.2, 0.25) is 0 Å². The van der Waals surface area contributed by atoms with Crippen LogP contribution in [0.4, 0.5) is 0 Å². The van der Waals surface area contributed by atoms with Crippen LogP contribution in [0.5, 0.6) is 0 Å². The van der Waals surface area contributed by atoms with Gasteiger partial charge < -0.3 is 10.6 Å². The number of nitrogens with one attached hydrogen (secondary N) is 2. The van der Waals surface area contributed by atoms with Gasteiger partial charge in [0.2, 0.25) is 5.91 Å². The first-order chi connectivity index (χ1) is 10.2. The van der Waals surface area contributed by atoms with E-state index in [0.29, 0.717) is 6.54 Å². The second-order valence-electron chi connectivity index (χ2n) is 5.74. The monoisotopic (exact) mass is 283 g/mol. The average Bonchev–Trinajstić information content (AvgIpc) is 3.03. The number of hydrogen-bond donors (Lipinski definition) is 2. The van der Waals surface area contributed by atoms with Crippen molar-refractivity contribution in [3.63, 3.8) is 0 Å². The topological polar surface area (TPSA) is 54.0 Å². The molecule has 21 heavy (non-hydrogen) atoms. The largest absolute Gasteiger partial charge is 0.351 e. The van der Waals surface area contributed by atoms with Gasteiger partial charge >= 0.3 is 0 Å². The summed E-state index contributed by atoms with van der Waals surface area (Å²) in [4.78, 5) is 17.0. The summed E-state index contributed by atoms with van der Waals surface area (Å²) in [5, 5.41) is 7.51. The zero-order valence-electron chi connectivity index (χ0n) is 12.4. The van der Waals surface area contributed by atoms with Crippen molar-refractivity contribution < 1.29 is 4.79 Å². The highest BCUT2D eigenvalue weighted by molar-refractivity contribution is 5.85. The summed E-state index contributed by atoms with van der Waals surface area (Å²) in [6, 6.07) is 10.1. The van der Waals surface area contributed by atoms with Gasteiger partial charge in [0.1, 0.15) is 0 Å². The number of carbonyl (C=O) groups is 1. The first-order valence-corrected chi connectivity index (χ1v) is 7.57. The molecular weight excluding hydrogens is 262 g/mol. The Morgan fingerprint density at radius 1 is 1.38 bits per heavy atom. The van der Waals surface area contributed by atoms with Gasteiger partial charge in [0.15, 0.2) is 0 Å². The Labute approximate surface area is 125 Å². The van der Waals surface area contributed by atoms with E-state index in [1.807, 2.05) is 30.3 Å². The van der Waals surface area contributed by atoms with Gasteiger partial charge in [-0.1, -0.05) is 31.2 Å². The second kappa shape index (κ2) is 5.82. The van der Waals surface area contributed by atoms with Gasteiger partial charge in [-0.2, -0.15) is 0 Å². The average molecular weight is 283 g/mol. The molecular formula is C17H21N3O. The molecule has 2 N–H and O–H groups in total. The maximum Gasteiger partial charge on any atom is 0.227 e. The molecule has 4 nitrogen and oxygen atoms in total. The van der Waals surface area contributed by atoms with Crippen LogP contribution in [-0.4, -0.2) is 24.0 Å². The van der Waals surface area contributed by atoms with E-state index in [-0.39, 0.29) is 11.3 Å². The summed E-state index contributed by atoms with van der Waals surface area (Å²) in [5.41, 5.74) is 1.80. The summed E-state index contributed by atoms with van der Waals surface area (Å²) in [5.74, 6) is 0.155. The maximum atomic E-state index is 12.5. The minimum absolute atomic E-state index is 0.155. The molecule has 1 aromatic heterocycles. The third-order valence-electron chi connectivity index (χ3n) is 4.56. The number of rotatable bonds is 4. The highest BCUT2D eigenvalue weighted by atomic mass is 16.2. The van der Waals surface area contributed by atoms with Crippen LogP contribution < -0.4 is 10.6 Å². The van der Waals surface area contributed by atoms with Gasteiger partial charge in [-0.25, -0.2) is 0 Å². The zero-order chi connectivity index (χ0) is 14.7. The van der Waals surface area contributed by atoms with Crippen molar-refractivity contribution in [2.45, 2.75) is 26.3 Å². The minimum Gasteiger partial charge on any atom is -0.351 e. The number of benzene rings is 1. The minimum atomic E-state index is -0.238. The van der Waals surface area contributed by atoms with Gasteiger partial charge in [0.05, 0.1) is 10.9 Å². The Bertz CT molecular complexity index is 642. The van der Waals surface area contributed by atoms with E-state index in [4.69, 9.17) is 0 Å². The fourth-order valence-corrected chi connectivity index (χ4v) is 3.07. The second-order valence-corrected chi connectivity index (χ2v) is 5.74. The van der Waals surface area contributed by atoms with Gasteiger partial charge in [-0.05, 0) is 31.0 Å². The Hall–Kier alpha value is -1.94. The number of hydrogen-bond acceptors (Lipinski definition) is 3. The summed E-state index contributed by atoms with van der Waals surface area (Å²) in [6.45, 7) is 4.33. The predicted octanol–water partition coefficient (Wildman–Crippen LogP) is 2.24. The van der Waals surface area contributed by atoms with E-state index in [9.17, 15) is 4.79 Å². The lowest BCUT2D eigenvalue weighted by molar-refractivity contribution is -0.130. The van der Waals surface area contributed by atoms with Gasteiger partial charge in [0.25, 0.3) is 0 Å². The Kier molecular flexibility index (Phi) is 3.88. The highest BCUT2D eigenvalue weighted by Gasteiger charge is 2.39. The smallest absolute Gasteiger partial charge is 0.227 e. The third-order valence-corrected chi connectivity index (χ3v) is 4.56. The van der Waals surface area contributed by atoms with Gasteiger partial charge in [0, 0.05) is 24.7 Å². The summed E-state index contributed by atoms with van der Waals surface area (Å²) >= 11 is 0. The first-order valence-electron chi connectivity index (χ1n) is 7.57. The molecule has 1 aromatic carbocycles. The van der Waals surface area contributed by atoms with Crippen LogP contribution in [0.15, 0.2) is 36.5 Å². The Morgan fingerprint density at radius 2 is 2.24 bits per heavy atom. The van der Waals surface area contributed by atoms with Crippen molar-refractivity contribution in [3.05, 3.63) is 42.1 Å². The van der Waals surface area contributed by atoms with Crippen molar-refractivity contribution >= 4 is 16.8 Å². The molecule has 110 valence electrons. The Morgan fingerprint density at radius 3 is 3.00 bits per heavy atom. The quantitative estimate of drug-likeness (QED) is 0.905. The first kappa shape index (κ1) is 14.0. The van der Waals surface area contributed by atoms with Crippen molar-refractivity contribution in [1.29, 1.82) is 0 Å². The van der Waals surface area contributed by atoms with Crippen LogP contribution in [0.3, 0.4) is 0 Å². The van der Waals surface area contributed by atoms with Gasteiger partial charge in [-0.3, -0.25) is 9.78 Å². The lowest BCUT2D eigenvalue weighted by Crippen LogP contribution is -2.41. The fraction of sp³-hybridized carbons (Fsp3) is 0.412. The van der Waals surface area contributed by atoms with Crippen LogP contribution in [0.1, 0.15) is 25.3 Å².